The van der Waals surface area contributed by atoms with Crippen LogP contribution >= 0.6 is 0 Å². The number of amides is 1. The normalized spacial score (nSPS) is 11.2. The molecule has 0 aromatic heterocycles. The molecule has 0 saturated heterocycles. The zero-order chi connectivity index (χ0) is 18.1. The summed E-state index contributed by atoms with van der Waals surface area (Å²) >= 11 is 0. The molecule has 2 rings (SSSR count). The van der Waals surface area contributed by atoms with Gasteiger partial charge in [-0.3, -0.25) is 4.79 Å². The van der Waals surface area contributed by atoms with Crippen LogP contribution in [0.15, 0.2) is 53.5 Å². The number of aliphatic imine (C=N–C) groups is 1. The molecule has 5 nitrogen and oxygen atoms in total. The Bertz CT molecular complexity index is 746. The Morgan fingerprint density at radius 3 is 2.60 bits per heavy atom. The topological polar surface area (TPSA) is 79.5 Å². The van der Waals surface area contributed by atoms with Crippen LogP contribution in [0.2, 0.25) is 0 Å². The minimum absolute atomic E-state index is 0.229. The van der Waals surface area contributed by atoms with Crippen molar-refractivity contribution >= 4 is 11.9 Å². The van der Waals surface area contributed by atoms with Gasteiger partial charge in [0.1, 0.15) is 5.82 Å². The van der Waals surface area contributed by atoms with Crippen LogP contribution in [-0.2, 0) is 13.0 Å². The van der Waals surface area contributed by atoms with E-state index >= 15 is 0 Å². The number of nitrogens with two attached hydrogens (primary N) is 1. The summed E-state index contributed by atoms with van der Waals surface area (Å²) in [5.41, 5.74) is 7.59. The van der Waals surface area contributed by atoms with Crippen molar-refractivity contribution in [1.29, 1.82) is 0 Å². The SMILES string of the molecule is CCNC(=NCc1cccc(C(N)=O)c1)NCCc1cccc(F)c1. The van der Waals surface area contributed by atoms with Crippen LogP contribution < -0.4 is 16.4 Å². The van der Waals surface area contributed by atoms with Gasteiger partial charge in [-0.25, -0.2) is 9.38 Å². The summed E-state index contributed by atoms with van der Waals surface area (Å²) in [5.74, 6) is -0.0123. The van der Waals surface area contributed by atoms with Gasteiger partial charge in [-0.15, -0.1) is 0 Å². The molecule has 0 fully saturated rings. The molecule has 0 atom stereocenters. The van der Waals surface area contributed by atoms with Crippen molar-refractivity contribution < 1.29 is 9.18 Å². The van der Waals surface area contributed by atoms with E-state index in [2.05, 4.69) is 15.6 Å². The maximum absolute atomic E-state index is 13.2. The van der Waals surface area contributed by atoms with Crippen LogP contribution in [-0.4, -0.2) is 25.0 Å². The van der Waals surface area contributed by atoms with Gasteiger partial charge in [0, 0.05) is 18.7 Å². The Balaban J connectivity index is 1.93. The predicted molar refractivity (Wildman–Crippen MR) is 97.9 cm³/mol. The first kappa shape index (κ1) is 18.4. The summed E-state index contributed by atoms with van der Waals surface area (Å²) in [5, 5.41) is 6.38. The lowest BCUT2D eigenvalue weighted by molar-refractivity contribution is 0.1000. The molecule has 0 bridgehead atoms. The van der Waals surface area contributed by atoms with Crippen molar-refractivity contribution in [3.63, 3.8) is 0 Å². The number of nitrogens with zero attached hydrogens (tertiary/aromatic N) is 1. The Hall–Kier alpha value is -2.89. The van der Waals surface area contributed by atoms with Crippen molar-refractivity contribution in [1.82, 2.24) is 10.6 Å². The highest BCUT2D eigenvalue weighted by molar-refractivity contribution is 5.92. The largest absolute Gasteiger partial charge is 0.366 e. The third kappa shape index (κ3) is 6.25. The van der Waals surface area contributed by atoms with Gasteiger partial charge < -0.3 is 16.4 Å². The molecular formula is C19H23FN4O. The Kier molecular flexibility index (Phi) is 6.95. The smallest absolute Gasteiger partial charge is 0.248 e. The minimum atomic E-state index is -0.453. The number of carbonyl (C=O) groups is 1. The first-order valence-corrected chi connectivity index (χ1v) is 8.24. The fourth-order valence-electron chi connectivity index (χ4n) is 2.35. The van der Waals surface area contributed by atoms with E-state index in [1.54, 1.807) is 24.3 Å². The number of primary amides is 1. The first-order valence-electron chi connectivity index (χ1n) is 8.24. The lowest BCUT2D eigenvalue weighted by atomic mass is 10.1. The Morgan fingerprint density at radius 2 is 1.88 bits per heavy atom. The van der Waals surface area contributed by atoms with E-state index in [1.807, 2.05) is 19.1 Å². The second-order valence-electron chi connectivity index (χ2n) is 5.57. The van der Waals surface area contributed by atoms with Gasteiger partial charge in [-0.05, 0) is 48.7 Å². The van der Waals surface area contributed by atoms with Crippen LogP contribution in [0.25, 0.3) is 0 Å². The van der Waals surface area contributed by atoms with E-state index in [0.717, 1.165) is 17.7 Å². The summed E-state index contributed by atoms with van der Waals surface area (Å²) in [6.07, 6.45) is 0.694. The monoisotopic (exact) mass is 342 g/mol. The molecule has 0 unspecified atom stereocenters. The molecule has 25 heavy (non-hydrogen) atoms. The Labute approximate surface area is 147 Å². The summed E-state index contributed by atoms with van der Waals surface area (Å²) in [4.78, 5) is 15.7. The van der Waals surface area contributed by atoms with Crippen LogP contribution in [0, 0.1) is 5.82 Å². The number of benzene rings is 2. The van der Waals surface area contributed by atoms with Gasteiger partial charge >= 0.3 is 0 Å². The number of halogens is 1. The lowest BCUT2D eigenvalue weighted by Gasteiger charge is -2.11. The third-order valence-electron chi connectivity index (χ3n) is 3.57. The maximum Gasteiger partial charge on any atom is 0.248 e. The zero-order valence-electron chi connectivity index (χ0n) is 14.3. The molecule has 132 valence electrons. The molecule has 2 aromatic carbocycles. The van der Waals surface area contributed by atoms with Gasteiger partial charge in [0.05, 0.1) is 6.54 Å². The fraction of sp³-hybridized carbons (Fsp3) is 0.263. The van der Waals surface area contributed by atoms with E-state index in [1.165, 1.54) is 12.1 Å². The number of hydrogen-bond donors (Lipinski definition) is 3. The maximum atomic E-state index is 13.2. The van der Waals surface area contributed by atoms with Crippen LogP contribution in [0.3, 0.4) is 0 Å². The number of carbonyl (C=O) groups excluding carboxylic acids is 1. The highest BCUT2D eigenvalue weighted by Gasteiger charge is 2.02. The van der Waals surface area contributed by atoms with Crippen LogP contribution in [0.4, 0.5) is 4.39 Å². The van der Waals surface area contributed by atoms with Crippen molar-refractivity contribution in [2.75, 3.05) is 13.1 Å². The zero-order valence-corrected chi connectivity index (χ0v) is 14.3. The summed E-state index contributed by atoms with van der Waals surface area (Å²) in [7, 11) is 0. The van der Waals surface area contributed by atoms with Gasteiger partial charge in [0.15, 0.2) is 5.96 Å². The van der Waals surface area contributed by atoms with Gasteiger partial charge in [-0.2, -0.15) is 0 Å². The molecule has 0 saturated carbocycles. The quantitative estimate of drug-likeness (QED) is 0.533. The van der Waals surface area contributed by atoms with Crippen molar-refractivity contribution in [3.8, 4) is 0 Å². The van der Waals surface area contributed by atoms with E-state index in [-0.39, 0.29) is 5.82 Å². The summed E-state index contributed by atoms with van der Waals surface area (Å²) in [6.45, 7) is 3.78. The molecule has 0 radical (unpaired) electrons. The number of guanidine groups is 1. The highest BCUT2D eigenvalue weighted by atomic mass is 19.1. The summed E-state index contributed by atoms with van der Waals surface area (Å²) < 4.78 is 13.2. The third-order valence-corrected chi connectivity index (χ3v) is 3.57. The molecular weight excluding hydrogens is 319 g/mol. The summed E-state index contributed by atoms with van der Waals surface area (Å²) in [6, 6.07) is 13.7. The molecule has 0 aliphatic rings. The highest BCUT2D eigenvalue weighted by Crippen LogP contribution is 2.06. The van der Waals surface area contributed by atoms with Gasteiger partial charge in [0.2, 0.25) is 5.91 Å². The standard InChI is InChI=1S/C19H23FN4O/c1-2-22-19(23-10-9-14-5-4-8-17(20)12-14)24-13-15-6-3-7-16(11-15)18(21)25/h3-8,11-12H,2,9-10,13H2,1H3,(H2,21,25)(H2,22,23,24). The van der Waals surface area contributed by atoms with Crippen LogP contribution in [0.1, 0.15) is 28.4 Å². The molecule has 0 spiro atoms. The van der Waals surface area contributed by atoms with E-state index in [9.17, 15) is 9.18 Å². The molecule has 0 heterocycles. The second kappa shape index (κ2) is 9.42. The van der Waals surface area contributed by atoms with Crippen molar-refractivity contribution in [2.45, 2.75) is 19.9 Å². The predicted octanol–water partition coefficient (Wildman–Crippen LogP) is 2.22. The number of hydrogen-bond acceptors (Lipinski definition) is 2. The van der Waals surface area contributed by atoms with Crippen molar-refractivity contribution in [2.24, 2.45) is 10.7 Å². The Morgan fingerprint density at radius 1 is 1.12 bits per heavy atom. The number of rotatable bonds is 7. The van der Waals surface area contributed by atoms with E-state index in [4.69, 9.17) is 5.73 Å². The van der Waals surface area contributed by atoms with Gasteiger partial charge in [-0.1, -0.05) is 24.3 Å². The van der Waals surface area contributed by atoms with Gasteiger partial charge in [0.25, 0.3) is 0 Å². The molecule has 0 aliphatic carbocycles. The van der Waals surface area contributed by atoms with E-state index in [0.29, 0.717) is 31.0 Å². The second-order valence-corrected chi connectivity index (χ2v) is 5.57. The fourth-order valence-corrected chi connectivity index (χ4v) is 2.35. The molecule has 2 aromatic rings. The molecule has 6 heteroatoms. The average molecular weight is 342 g/mol. The molecule has 0 aliphatic heterocycles. The minimum Gasteiger partial charge on any atom is -0.366 e. The molecule has 1 amide bonds. The molecule has 4 N–H and O–H groups in total. The first-order chi connectivity index (χ1) is 12.1. The lowest BCUT2D eigenvalue weighted by Crippen LogP contribution is -2.38. The van der Waals surface area contributed by atoms with Crippen molar-refractivity contribution in [3.05, 3.63) is 71.0 Å². The number of nitrogens with one attached hydrogen (secondary N) is 2. The van der Waals surface area contributed by atoms with Crippen LogP contribution in [0.5, 0.6) is 0 Å². The average Bonchev–Trinajstić information content (AvgIpc) is 2.60. The van der Waals surface area contributed by atoms with E-state index < -0.39 is 5.91 Å².